The molecule has 0 N–H and O–H groups in total. The lowest BCUT2D eigenvalue weighted by atomic mass is 9.46. The standard InChI is InChI=1S/C18H26O4/c1-16-8-9-18(21-10-11-22-18)17(6-2-3-7-17)14(16)5-4-13(12-19)15(16)20/h12-14H,2-11H2,1H3/t13?,14-,16+/m1/s1. The second-order valence-corrected chi connectivity index (χ2v) is 7.97. The van der Waals surface area contributed by atoms with Gasteiger partial charge >= 0.3 is 0 Å². The van der Waals surface area contributed by atoms with Gasteiger partial charge in [0, 0.05) is 17.3 Å². The lowest BCUT2D eigenvalue weighted by Crippen LogP contribution is -2.64. The number of rotatable bonds is 1. The van der Waals surface area contributed by atoms with Crippen LogP contribution in [0.25, 0.3) is 0 Å². The van der Waals surface area contributed by atoms with Crippen molar-refractivity contribution in [3.8, 4) is 0 Å². The van der Waals surface area contributed by atoms with E-state index in [2.05, 4.69) is 6.92 Å². The molecule has 0 aromatic carbocycles. The molecule has 3 saturated carbocycles. The van der Waals surface area contributed by atoms with Crippen LogP contribution in [0.4, 0.5) is 0 Å². The molecule has 1 saturated heterocycles. The minimum atomic E-state index is -0.456. The smallest absolute Gasteiger partial charge is 0.174 e. The largest absolute Gasteiger partial charge is 0.347 e. The molecule has 0 bridgehead atoms. The highest BCUT2D eigenvalue weighted by Crippen LogP contribution is 2.68. The van der Waals surface area contributed by atoms with E-state index < -0.39 is 5.79 Å². The topological polar surface area (TPSA) is 52.6 Å². The van der Waals surface area contributed by atoms with E-state index in [0.717, 1.165) is 38.4 Å². The summed E-state index contributed by atoms with van der Waals surface area (Å²) in [7, 11) is 0. The second-order valence-electron chi connectivity index (χ2n) is 7.97. The molecule has 4 rings (SSSR count). The summed E-state index contributed by atoms with van der Waals surface area (Å²) in [6, 6.07) is 0. The zero-order chi connectivity index (χ0) is 15.4. The summed E-state index contributed by atoms with van der Waals surface area (Å²) in [6.07, 6.45) is 8.75. The Hall–Kier alpha value is -0.740. The summed E-state index contributed by atoms with van der Waals surface area (Å²) < 4.78 is 12.4. The maximum atomic E-state index is 12.9. The van der Waals surface area contributed by atoms with Crippen LogP contribution in [-0.2, 0) is 19.1 Å². The molecule has 0 aromatic heterocycles. The number of ether oxygens (including phenoxy) is 2. The van der Waals surface area contributed by atoms with Crippen LogP contribution in [0.1, 0.15) is 58.3 Å². The third-order valence-electron chi connectivity index (χ3n) is 7.25. The fourth-order valence-corrected chi connectivity index (χ4v) is 6.26. The Kier molecular flexibility index (Phi) is 3.29. The average Bonchev–Trinajstić information content (AvgIpc) is 3.17. The molecule has 122 valence electrons. The molecule has 2 spiro atoms. The van der Waals surface area contributed by atoms with Crippen LogP contribution in [0.15, 0.2) is 0 Å². The number of aldehydes is 1. The molecule has 1 unspecified atom stereocenters. The van der Waals surface area contributed by atoms with Gasteiger partial charge in [0.05, 0.1) is 19.1 Å². The van der Waals surface area contributed by atoms with Crippen molar-refractivity contribution < 1.29 is 19.1 Å². The van der Waals surface area contributed by atoms with Crippen LogP contribution in [-0.4, -0.2) is 31.1 Å². The van der Waals surface area contributed by atoms with Crippen molar-refractivity contribution in [3.05, 3.63) is 0 Å². The van der Waals surface area contributed by atoms with Gasteiger partial charge in [0.2, 0.25) is 0 Å². The number of carbonyl (C=O) groups excluding carboxylic acids is 2. The van der Waals surface area contributed by atoms with E-state index in [1.807, 2.05) is 0 Å². The van der Waals surface area contributed by atoms with Gasteiger partial charge in [0.15, 0.2) is 5.79 Å². The Bertz CT molecular complexity index is 487. The van der Waals surface area contributed by atoms with Gasteiger partial charge in [-0.25, -0.2) is 0 Å². The zero-order valence-corrected chi connectivity index (χ0v) is 13.4. The first-order valence-electron chi connectivity index (χ1n) is 8.86. The van der Waals surface area contributed by atoms with E-state index >= 15 is 0 Å². The molecular formula is C18H26O4. The van der Waals surface area contributed by atoms with Gasteiger partial charge in [0.1, 0.15) is 12.1 Å². The van der Waals surface area contributed by atoms with Crippen molar-refractivity contribution in [1.82, 2.24) is 0 Å². The molecule has 4 aliphatic rings. The van der Waals surface area contributed by atoms with Gasteiger partial charge in [0.25, 0.3) is 0 Å². The van der Waals surface area contributed by atoms with Gasteiger partial charge < -0.3 is 14.3 Å². The lowest BCUT2D eigenvalue weighted by molar-refractivity contribution is -0.293. The van der Waals surface area contributed by atoms with E-state index in [0.29, 0.717) is 25.6 Å². The number of fused-ring (bicyclic) bond motifs is 3. The predicted octanol–water partition coefficient (Wildman–Crippen LogP) is 2.88. The van der Waals surface area contributed by atoms with Gasteiger partial charge in [-0.05, 0) is 38.0 Å². The summed E-state index contributed by atoms with van der Waals surface area (Å²) >= 11 is 0. The van der Waals surface area contributed by atoms with Crippen molar-refractivity contribution in [2.24, 2.45) is 22.7 Å². The zero-order valence-electron chi connectivity index (χ0n) is 13.4. The molecule has 3 atom stereocenters. The fourth-order valence-electron chi connectivity index (χ4n) is 6.26. The van der Waals surface area contributed by atoms with Crippen LogP contribution in [0.5, 0.6) is 0 Å². The van der Waals surface area contributed by atoms with E-state index in [4.69, 9.17) is 9.47 Å². The van der Waals surface area contributed by atoms with Crippen molar-refractivity contribution in [1.29, 1.82) is 0 Å². The SMILES string of the molecule is C[C@]12CCC3(OCCO3)C3(CCCC3)[C@@H]1CCC(C=O)C2=O. The Labute approximate surface area is 131 Å². The highest BCUT2D eigenvalue weighted by Gasteiger charge is 2.69. The van der Waals surface area contributed by atoms with Gasteiger partial charge in [-0.15, -0.1) is 0 Å². The molecule has 0 radical (unpaired) electrons. The Morgan fingerprint density at radius 3 is 2.36 bits per heavy atom. The first-order valence-corrected chi connectivity index (χ1v) is 8.86. The third kappa shape index (κ3) is 1.66. The number of hydrogen-bond donors (Lipinski definition) is 0. The summed E-state index contributed by atoms with van der Waals surface area (Å²) in [5, 5.41) is 0. The van der Waals surface area contributed by atoms with Crippen molar-refractivity contribution >= 4 is 12.1 Å². The molecule has 22 heavy (non-hydrogen) atoms. The van der Waals surface area contributed by atoms with Crippen LogP contribution < -0.4 is 0 Å². The molecule has 0 amide bonds. The van der Waals surface area contributed by atoms with Crippen molar-refractivity contribution in [2.45, 2.75) is 64.1 Å². The van der Waals surface area contributed by atoms with Crippen LogP contribution >= 0.6 is 0 Å². The Morgan fingerprint density at radius 1 is 1.05 bits per heavy atom. The molecule has 4 nitrogen and oxygen atoms in total. The molecular weight excluding hydrogens is 280 g/mol. The number of Topliss-reactive ketones (excluding diaryl/α,β-unsaturated/α-hetero) is 1. The van der Waals surface area contributed by atoms with Gasteiger partial charge in [-0.2, -0.15) is 0 Å². The third-order valence-corrected chi connectivity index (χ3v) is 7.25. The molecule has 4 fully saturated rings. The normalized spacial score (nSPS) is 42.7. The average molecular weight is 306 g/mol. The second kappa shape index (κ2) is 4.88. The summed E-state index contributed by atoms with van der Waals surface area (Å²) in [6.45, 7) is 3.46. The van der Waals surface area contributed by atoms with Gasteiger partial charge in [-0.1, -0.05) is 19.8 Å². The highest BCUT2D eigenvalue weighted by molar-refractivity contribution is 5.98. The highest BCUT2D eigenvalue weighted by atomic mass is 16.7. The number of carbonyl (C=O) groups is 2. The van der Waals surface area contributed by atoms with Gasteiger partial charge in [-0.3, -0.25) is 4.79 Å². The number of ketones is 1. The van der Waals surface area contributed by atoms with Crippen LogP contribution in [0, 0.1) is 22.7 Å². The molecule has 0 aromatic rings. The first kappa shape index (κ1) is 14.8. The fraction of sp³-hybridized carbons (Fsp3) is 0.889. The van der Waals surface area contributed by atoms with Crippen LogP contribution in [0.3, 0.4) is 0 Å². The number of hydrogen-bond acceptors (Lipinski definition) is 4. The minimum absolute atomic E-state index is 0.0139. The minimum Gasteiger partial charge on any atom is -0.347 e. The van der Waals surface area contributed by atoms with E-state index in [9.17, 15) is 9.59 Å². The maximum absolute atomic E-state index is 12.9. The predicted molar refractivity (Wildman–Crippen MR) is 80.2 cm³/mol. The molecule has 1 heterocycles. The molecule has 4 heteroatoms. The van der Waals surface area contributed by atoms with E-state index in [1.165, 1.54) is 12.8 Å². The first-order chi connectivity index (χ1) is 10.6. The quantitative estimate of drug-likeness (QED) is 0.552. The van der Waals surface area contributed by atoms with Crippen molar-refractivity contribution in [3.63, 3.8) is 0 Å². The molecule has 3 aliphatic carbocycles. The van der Waals surface area contributed by atoms with E-state index in [1.54, 1.807) is 0 Å². The summed E-state index contributed by atoms with van der Waals surface area (Å²) in [5.74, 6) is -0.364. The maximum Gasteiger partial charge on any atom is 0.174 e. The monoisotopic (exact) mass is 306 g/mol. The molecule has 1 aliphatic heterocycles. The summed E-state index contributed by atoms with van der Waals surface area (Å²) in [4.78, 5) is 24.2. The van der Waals surface area contributed by atoms with Crippen LogP contribution in [0.2, 0.25) is 0 Å². The summed E-state index contributed by atoms with van der Waals surface area (Å²) in [5.41, 5.74) is -0.380. The lowest BCUT2D eigenvalue weighted by Gasteiger charge is -2.61. The van der Waals surface area contributed by atoms with E-state index in [-0.39, 0.29) is 22.5 Å². The Balaban J connectivity index is 1.77. The van der Waals surface area contributed by atoms with Crippen molar-refractivity contribution in [2.75, 3.05) is 13.2 Å². The Morgan fingerprint density at radius 2 is 1.73 bits per heavy atom.